The maximum atomic E-state index is 12.4. The maximum Gasteiger partial charge on any atom is 0.328 e. The molecule has 1 aromatic rings. The number of hydrogen-bond donors (Lipinski definition) is 1. The first-order valence-electron chi connectivity index (χ1n) is 7.29. The van der Waals surface area contributed by atoms with Crippen molar-refractivity contribution in [3.05, 3.63) is 33.8 Å². The van der Waals surface area contributed by atoms with Crippen LogP contribution in [-0.2, 0) is 14.3 Å². The van der Waals surface area contributed by atoms with Crippen LogP contribution >= 0.6 is 35.0 Å². The van der Waals surface area contributed by atoms with Gasteiger partial charge in [-0.3, -0.25) is 4.79 Å². The average Bonchev–Trinajstić information content (AvgIpc) is 3.30. The SMILES string of the molecule is COC(=O)C(CCSC)NC(=O)C1CC1c1cc(Cl)cc(Cl)c1. The first-order valence-corrected chi connectivity index (χ1v) is 9.44. The van der Waals surface area contributed by atoms with Crippen LogP contribution in [0.2, 0.25) is 10.0 Å². The highest BCUT2D eigenvalue weighted by Crippen LogP contribution is 2.48. The molecule has 7 heteroatoms. The minimum absolute atomic E-state index is 0.102. The van der Waals surface area contributed by atoms with Crippen molar-refractivity contribution in [2.75, 3.05) is 19.1 Å². The van der Waals surface area contributed by atoms with Crippen LogP contribution in [0.3, 0.4) is 0 Å². The third-order valence-electron chi connectivity index (χ3n) is 3.85. The van der Waals surface area contributed by atoms with Gasteiger partial charge in [0, 0.05) is 16.0 Å². The van der Waals surface area contributed by atoms with Gasteiger partial charge in [-0.25, -0.2) is 4.79 Å². The molecule has 0 saturated heterocycles. The molecule has 0 heterocycles. The van der Waals surface area contributed by atoms with Gasteiger partial charge in [-0.05, 0) is 54.5 Å². The molecule has 2 rings (SSSR count). The van der Waals surface area contributed by atoms with Crippen LogP contribution in [0.15, 0.2) is 18.2 Å². The summed E-state index contributed by atoms with van der Waals surface area (Å²) in [6, 6.07) is 4.73. The Hall–Kier alpha value is -0.910. The first kappa shape index (κ1) is 18.4. The number of halogens is 2. The van der Waals surface area contributed by atoms with Crippen LogP contribution in [0.1, 0.15) is 24.3 Å². The molecule has 0 radical (unpaired) electrons. The molecular formula is C16H19Cl2NO3S. The van der Waals surface area contributed by atoms with Crippen molar-refractivity contribution in [3.63, 3.8) is 0 Å². The molecule has 1 aliphatic carbocycles. The van der Waals surface area contributed by atoms with Crippen LogP contribution in [0, 0.1) is 5.92 Å². The Morgan fingerprint density at radius 1 is 1.35 bits per heavy atom. The van der Waals surface area contributed by atoms with Crippen LogP contribution in [0.4, 0.5) is 0 Å². The lowest BCUT2D eigenvalue weighted by Gasteiger charge is -2.16. The van der Waals surface area contributed by atoms with Crippen molar-refractivity contribution in [1.29, 1.82) is 0 Å². The predicted molar refractivity (Wildman–Crippen MR) is 94.3 cm³/mol. The number of thioether (sulfide) groups is 1. The molecule has 0 aromatic heterocycles. The highest BCUT2D eigenvalue weighted by molar-refractivity contribution is 7.98. The molecule has 0 spiro atoms. The summed E-state index contributed by atoms with van der Waals surface area (Å²) < 4.78 is 4.76. The monoisotopic (exact) mass is 375 g/mol. The Kier molecular flexibility index (Phi) is 6.62. The number of methoxy groups -OCH3 is 1. The summed E-state index contributed by atoms with van der Waals surface area (Å²) in [4.78, 5) is 24.1. The Morgan fingerprint density at radius 2 is 2.00 bits per heavy atom. The quantitative estimate of drug-likeness (QED) is 0.740. The van der Waals surface area contributed by atoms with E-state index in [2.05, 4.69) is 5.32 Å². The smallest absolute Gasteiger partial charge is 0.328 e. The lowest BCUT2D eigenvalue weighted by atomic mass is 10.1. The summed E-state index contributed by atoms with van der Waals surface area (Å²) in [5, 5.41) is 3.92. The molecule has 1 fully saturated rings. The molecule has 1 amide bonds. The zero-order valence-corrected chi connectivity index (χ0v) is 15.3. The molecule has 4 nitrogen and oxygen atoms in total. The second-order valence-electron chi connectivity index (χ2n) is 5.52. The number of rotatable bonds is 7. The Balaban J connectivity index is 1.97. The van der Waals surface area contributed by atoms with Crippen molar-refractivity contribution in [2.24, 2.45) is 5.92 Å². The summed E-state index contributed by atoms with van der Waals surface area (Å²) in [5.41, 5.74) is 0.960. The topological polar surface area (TPSA) is 55.4 Å². The predicted octanol–water partition coefficient (Wildman–Crippen LogP) is 3.51. The van der Waals surface area contributed by atoms with E-state index in [1.54, 1.807) is 17.8 Å². The van der Waals surface area contributed by atoms with Crippen LogP contribution < -0.4 is 5.32 Å². The number of carbonyl (C=O) groups is 2. The van der Waals surface area contributed by atoms with Crippen molar-refractivity contribution >= 4 is 46.8 Å². The minimum Gasteiger partial charge on any atom is -0.467 e. The number of benzene rings is 1. The molecule has 23 heavy (non-hydrogen) atoms. The molecule has 3 atom stereocenters. The fourth-order valence-corrected chi connectivity index (χ4v) is 3.56. The molecule has 1 N–H and O–H groups in total. The van der Waals surface area contributed by atoms with Crippen LogP contribution in [0.25, 0.3) is 0 Å². The molecule has 1 aliphatic rings. The van der Waals surface area contributed by atoms with Gasteiger partial charge in [0.25, 0.3) is 0 Å². The van der Waals surface area contributed by atoms with E-state index < -0.39 is 12.0 Å². The van der Waals surface area contributed by atoms with E-state index in [-0.39, 0.29) is 17.7 Å². The van der Waals surface area contributed by atoms with Gasteiger partial charge in [-0.1, -0.05) is 23.2 Å². The normalized spacial score (nSPS) is 20.7. The number of amides is 1. The van der Waals surface area contributed by atoms with Crippen LogP contribution in [-0.4, -0.2) is 37.0 Å². The van der Waals surface area contributed by atoms with E-state index in [0.717, 1.165) is 17.7 Å². The lowest BCUT2D eigenvalue weighted by molar-refractivity contribution is -0.145. The summed E-state index contributed by atoms with van der Waals surface area (Å²) in [6.07, 6.45) is 3.24. The molecule has 0 aliphatic heterocycles. The number of carbonyl (C=O) groups excluding carboxylic acids is 2. The van der Waals surface area contributed by atoms with E-state index in [1.165, 1.54) is 7.11 Å². The zero-order chi connectivity index (χ0) is 17.0. The van der Waals surface area contributed by atoms with Gasteiger partial charge < -0.3 is 10.1 Å². The van der Waals surface area contributed by atoms with E-state index in [0.29, 0.717) is 16.5 Å². The molecule has 3 unspecified atom stereocenters. The minimum atomic E-state index is -0.593. The number of nitrogens with one attached hydrogen (secondary N) is 1. The Morgan fingerprint density at radius 3 is 2.57 bits per heavy atom. The fraction of sp³-hybridized carbons (Fsp3) is 0.500. The zero-order valence-electron chi connectivity index (χ0n) is 13.0. The van der Waals surface area contributed by atoms with Gasteiger partial charge in [-0.2, -0.15) is 11.8 Å². The Bertz CT molecular complexity index is 576. The highest BCUT2D eigenvalue weighted by atomic mass is 35.5. The third kappa shape index (κ3) is 5.03. The molecule has 0 bridgehead atoms. The summed E-state index contributed by atoms with van der Waals surface area (Å²) in [5.74, 6) is 0.201. The average molecular weight is 376 g/mol. The van der Waals surface area contributed by atoms with E-state index >= 15 is 0 Å². The summed E-state index contributed by atoms with van der Waals surface area (Å²) >= 11 is 13.6. The summed E-state index contributed by atoms with van der Waals surface area (Å²) in [6.45, 7) is 0. The Labute approximate surface area is 150 Å². The lowest BCUT2D eigenvalue weighted by Crippen LogP contribution is -2.42. The van der Waals surface area contributed by atoms with Gasteiger partial charge in [0.2, 0.25) is 5.91 Å². The fourth-order valence-electron chi connectivity index (χ4n) is 2.55. The first-order chi connectivity index (χ1) is 11.0. The second-order valence-corrected chi connectivity index (χ2v) is 7.38. The van der Waals surface area contributed by atoms with E-state index in [4.69, 9.17) is 27.9 Å². The molecular weight excluding hydrogens is 357 g/mol. The van der Waals surface area contributed by atoms with E-state index in [9.17, 15) is 9.59 Å². The van der Waals surface area contributed by atoms with Gasteiger partial charge in [0.05, 0.1) is 7.11 Å². The molecule has 126 valence electrons. The number of ether oxygens (including phenoxy) is 1. The van der Waals surface area contributed by atoms with Crippen molar-refractivity contribution in [3.8, 4) is 0 Å². The third-order valence-corrected chi connectivity index (χ3v) is 4.93. The van der Waals surface area contributed by atoms with E-state index in [1.807, 2.05) is 18.4 Å². The van der Waals surface area contributed by atoms with Crippen molar-refractivity contribution < 1.29 is 14.3 Å². The van der Waals surface area contributed by atoms with Crippen molar-refractivity contribution in [1.82, 2.24) is 5.32 Å². The van der Waals surface area contributed by atoms with Gasteiger partial charge in [-0.15, -0.1) is 0 Å². The molecule has 1 saturated carbocycles. The number of hydrogen-bond acceptors (Lipinski definition) is 4. The van der Waals surface area contributed by atoms with Crippen LogP contribution in [0.5, 0.6) is 0 Å². The largest absolute Gasteiger partial charge is 0.467 e. The highest BCUT2D eigenvalue weighted by Gasteiger charge is 2.45. The van der Waals surface area contributed by atoms with Gasteiger partial charge in [0.15, 0.2) is 0 Å². The molecule has 1 aromatic carbocycles. The second kappa shape index (κ2) is 8.27. The standard InChI is InChI=1S/C16H19Cl2NO3S/c1-22-16(21)14(3-4-23-2)19-15(20)13-8-12(13)9-5-10(17)7-11(18)6-9/h5-7,12-14H,3-4,8H2,1-2H3,(H,19,20). The summed E-state index contributed by atoms with van der Waals surface area (Å²) in [7, 11) is 1.33. The van der Waals surface area contributed by atoms with Gasteiger partial charge >= 0.3 is 5.97 Å². The maximum absolute atomic E-state index is 12.4. The van der Waals surface area contributed by atoms with Crippen molar-refractivity contribution in [2.45, 2.75) is 24.8 Å². The van der Waals surface area contributed by atoms with Gasteiger partial charge in [0.1, 0.15) is 6.04 Å². The number of esters is 1.